The Bertz CT molecular complexity index is 693. The first kappa shape index (κ1) is 17.5. The monoisotopic (exact) mass is 341 g/mol. The van der Waals surface area contributed by atoms with E-state index in [1.807, 2.05) is 29.8 Å². The third-order valence-corrected chi connectivity index (χ3v) is 5.12. The Morgan fingerprint density at radius 1 is 1.24 bits per heavy atom. The number of aromatic hydroxyl groups is 1. The van der Waals surface area contributed by atoms with Crippen LogP contribution in [-0.2, 0) is 17.8 Å². The number of hydrogen-bond donors (Lipinski definition) is 1. The smallest absolute Gasteiger partial charge is 0.224 e. The molecule has 0 radical (unpaired) electrons. The zero-order chi connectivity index (χ0) is 17.6. The fraction of sp³-hybridized carbons (Fsp3) is 0.500. The van der Waals surface area contributed by atoms with E-state index in [0.717, 1.165) is 37.9 Å². The van der Waals surface area contributed by atoms with Crippen molar-refractivity contribution in [1.29, 1.82) is 0 Å². The number of nitrogens with zero attached hydrogens (tertiary/aromatic N) is 3. The molecule has 1 fully saturated rings. The van der Waals surface area contributed by atoms with Gasteiger partial charge in [-0.1, -0.05) is 12.1 Å². The molecule has 2 heterocycles. The zero-order valence-corrected chi connectivity index (χ0v) is 14.9. The molecule has 25 heavy (non-hydrogen) atoms. The summed E-state index contributed by atoms with van der Waals surface area (Å²) in [7, 11) is 0. The van der Waals surface area contributed by atoms with Crippen LogP contribution in [-0.4, -0.2) is 38.3 Å². The predicted octanol–water partition coefficient (Wildman–Crippen LogP) is 3.30. The average molecular weight is 341 g/mol. The first-order chi connectivity index (χ1) is 12.1. The lowest BCUT2D eigenvalue weighted by Gasteiger charge is -2.36. The molecule has 1 aliphatic heterocycles. The Morgan fingerprint density at radius 2 is 2.04 bits per heavy atom. The molecule has 134 valence electrons. The summed E-state index contributed by atoms with van der Waals surface area (Å²) in [6.07, 6.45) is 7.60. The average Bonchev–Trinajstić information content (AvgIpc) is 3.04. The fourth-order valence-electron chi connectivity index (χ4n) is 3.60. The van der Waals surface area contributed by atoms with E-state index in [1.54, 1.807) is 18.3 Å². The van der Waals surface area contributed by atoms with Crippen LogP contribution in [0.2, 0.25) is 0 Å². The molecule has 5 nitrogen and oxygen atoms in total. The molecule has 0 saturated carbocycles. The van der Waals surface area contributed by atoms with E-state index in [9.17, 15) is 9.90 Å². The van der Waals surface area contributed by atoms with Gasteiger partial charge in [0.2, 0.25) is 5.91 Å². The molecule has 1 aliphatic rings. The molecule has 2 aromatic rings. The minimum absolute atomic E-state index is 0.241. The first-order valence-corrected chi connectivity index (χ1v) is 9.19. The van der Waals surface area contributed by atoms with Crippen LogP contribution in [0.3, 0.4) is 0 Å². The SMILES string of the molecule is Cc1ccnn1CCC(=O)N1CCCCC1CCc1ccc(O)cc1. The van der Waals surface area contributed by atoms with Crippen LogP contribution in [0.4, 0.5) is 0 Å². The van der Waals surface area contributed by atoms with Gasteiger partial charge in [0, 0.05) is 37.4 Å². The molecule has 1 aromatic carbocycles. The number of piperidine rings is 1. The Hall–Kier alpha value is -2.30. The van der Waals surface area contributed by atoms with Gasteiger partial charge in [-0.3, -0.25) is 9.48 Å². The van der Waals surface area contributed by atoms with Crippen molar-refractivity contribution in [3.05, 3.63) is 47.8 Å². The van der Waals surface area contributed by atoms with Crippen molar-refractivity contribution < 1.29 is 9.90 Å². The number of aromatic nitrogens is 2. The van der Waals surface area contributed by atoms with Crippen molar-refractivity contribution in [3.8, 4) is 5.75 Å². The summed E-state index contributed by atoms with van der Waals surface area (Å²) >= 11 is 0. The summed E-state index contributed by atoms with van der Waals surface area (Å²) in [4.78, 5) is 14.8. The minimum Gasteiger partial charge on any atom is -0.508 e. The van der Waals surface area contributed by atoms with Crippen LogP contribution in [0.15, 0.2) is 36.5 Å². The second-order valence-corrected chi connectivity index (χ2v) is 6.89. The summed E-state index contributed by atoms with van der Waals surface area (Å²) in [5, 5.41) is 13.6. The van der Waals surface area contributed by atoms with Crippen molar-refractivity contribution in [2.24, 2.45) is 0 Å². The largest absolute Gasteiger partial charge is 0.508 e. The Morgan fingerprint density at radius 3 is 2.76 bits per heavy atom. The highest BCUT2D eigenvalue weighted by Gasteiger charge is 2.26. The Kier molecular flexibility index (Phi) is 5.74. The van der Waals surface area contributed by atoms with Gasteiger partial charge in [-0.15, -0.1) is 0 Å². The first-order valence-electron chi connectivity index (χ1n) is 9.19. The maximum atomic E-state index is 12.7. The van der Waals surface area contributed by atoms with E-state index in [-0.39, 0.29) is 5.91 Å². The molecule has 3 rings (SSSR count). The number of benzene rings is 1. The molecule has 0 bridgehead atoms. The molecule has 1 amide bonds. The molecule has 0 aliphatic carbocycles. The highest BCUT2D eigenvalue weighted by Crippen LogP contribution is 2.23. The fourth-order valence-corrected chi connectivity index (χ4v) is 3.60. The van der Waals surface area contributed by atoms with E-state index < -0.39 is 0 Å². The minimum atomic E-state index is 0.241. The van der Waals surface area contributed by atoms with E-state index >= 15 is 0 Å². The number of carbonyl (C=O) groups is 1. The van der Waals surface area contributed by atoms with Gasteiger partial charge < -0.3 is 10.0 Å². The van der Waals surface area contributed by atoms with Gasteiger partial charge in [0.25, 0.3) is 0 Å². The number of rotatable bonds is 6. The lowest BCUT2D eigenvalue weighted by molar-refractivity contribution is -0.135. The van der Waals surface area contributed by atoms with Gasteiger partial charge in [-0.2, -0.15) is 5.10 Å². The number of amides is 1. The maximum Gasteiger partial charge on any atom is 0.224 e. The summed E-state index contributed by atoms with van der Waals surface area (Å²) in [5.74, 6) is 0.539. The van der Waals surface area contributed by atoms with Crippen molar-refractivity contribution in [2.75, 3.05) is 6.54 Å². The summed E-state index contributed by atoms with van der Waals surface area (Å²) in [6.45, 7) is 3.54. The number of phenols is 1. The summed E-state index contributed by atoms with van der Waals surface area (Å²) in [5.41, 5.74) is 2.30. The standard InChI is InChI=1S/C20H27N3O2/c1-16-11-13-21-23(16)15-12-20(25)22-14-3-2-4-18(22)8-5-17-6-9-19(24)10-7-17/h6-7,9-11,13,18,24H,2-5,8,12,14-15H2,1H3. The van der Waals surface area contributed by atoms with Gasteiger partial charge in [-0.05, 0) is 62.8 Å². The second kappa shape index (κ2) is 8.19. The van der Waals surface area contributed by atoms with Gasteiger partial charge in [-0.25, -0.2) is 0 Å². The van der Waals surface area contributed by atoms with Gasteiger partial charge in [0.15, 0.2) is 0 Å². The lowest BCUT2D eigenvalue weighted by atomic mass is 9.95. The number of hydrogen-bond acceptors (Lipinski definition) is 3. The third kappa shape index (κ3) is 4.62. The summed E-state index contributed by atoms with van der Waals surface area (Å²) < 4.78 is 1.90. The van der Waals surface area contributed by atoms with E-state index in [4.69, 9.17) is 0 Å². The Balaban J connectivity index is 1.55. The second-order valence-electron chi connectivity index (χ2n) is 6.89. The molecule has 0 spiro atoms. The van der Waals surface area contributed by atoms with Crippen LogP contribution in [0.25, 0.3) is 0 Å². The molecule has 1 aromatic heterocycles. The zero-order valence-electron chi connectivity index (χ0n) is 14.9. The number of aryl methyl sites for hydroxylation is 3. The van der Waals surface area contributed by atoms with Crippen molar-refractivity contribution >= 4 is 5.91 Å². The van der Waals surface area contributed by atoms with Gasteiger partial charge in [0.1, 0.15) is 5.75 Å². The normalized spacial score (nSPS) is 17.6. The maximum absolute atomic E-state index is 12.7. The van der Waals surface area contributed by atoms with Crippen molar-refractivity contribution in [1.82, 2.24) is 14.7 Å². The lowest BCUT2D eigenvalue weighted by Crippen LogP contribution is -2.44. The molecule has 5 heteroatoms. The van der Waals surface area contributed by atoms with Crippen LogP contribution >= 0.6 is 0 Å². The molecule has 1 N–H and O–H groups in total. The Labute approximate surface area is 149 Å². The number of carbonyl (C=O) groups excluding carboxylic acids is 1. The van der Waals surface area contributed by atoms with Crippen molar-refractivity contribution in [3.63, 3.8) is 0 Å². The predicted molar refractivity (Wildman–Crippen MR) is 97.4 cm³/mol. The molecule has 1 unspecified atom stereocenters. The van der Waals surface area contributed by atoms with Crippen LogP contribution in [0, 0.1) is 6.92 Å². The third-order valence-electron chi connectivity index (χ3n) is 5.12. The van der Waals surface area contributed by atoms with Gasteiger partial charge >= 0.3 is 0 Å². The van der Waals surface area contributed by atoms with E-state index in [1.165, 1.54) is 12.0 Å². The van der Waals surface area contributed by atoms with Crippen LogP contribution in [0.5, 0.6) is 5.75 Å². The topological polar surface area (TPSA) is 58.4 Å². The highest BCUT2D eigenvalue weighted by atomic mass is 16.3. The van der Waals surface area contributed by atoms with E-state index in [2.05, 4.69) is 10.00 Å². The van der Waals surface area contributed by atoms with E-state index in [0.29, 0.717) is 24.8 Å². The molecular formula is C20H27N3O2. The highest BCUT2D eigenvalue weighted by molar-refractivity contribution is 5.76. The van der Waals surface area contributed by atoms with Crippen molar-refractivity contribution in [2.45, 2.75) is 58.0 Å². The number of likely N-dealkylation sites (tertiary alicyclic amines) is 1. The number of phenolic OH excluding ortho intramolecular Hbond substituents is 1. The van der Waals surface area contributed by atoms with Crippen LogP contribution < -0.4 is 0 Å². The van der Waals surface area contributed by atoms with Crippen LogP contribution in [0.1, 0.15) is 43.4 Å². The quantitative estimate of drug-likeness (QED) is 0.877. The molecular weight excluding hydrogens is 314 g/mol. The molecule has 1 saturated heterocycles. The van der Waals surface area contributed by atoms with Gasteiger partial charge in [0.05, 0.1) is 0 Å². The molecule has 1 atom stereocenters. The summed E-state index contributed by atoms with van der Waals surface area (Å²) in [6, 6.07) is 9.67.